The lowest BCUT2D eigenvalue weighted by Crippen LogP contribution is -2.32. The second-order valence-corrected chi connectivity index (χ2v) is 6.86. The molecule has 8 nitrogen and oxygen atoms in total. The average molecular weight is 387 g/mol. The Balaban J connectivity index is 1.99. The second kappa shape index (κ2) is 6.58. The minimum atomic E-state index is -0.514. The number of aromatic nitrogens is 2. The van der Waals surface area contributed by atoms with Crippen LogP contribution in [0.2, 0.25) is 0 Å². The van der Waals surface area contributed by atoms with Gasteiger partial charge in [0, 0.05) is 35.5 Å². The van der Waals surface area contributed by atoms with Gasteiger partial charge in [-0.15, -0.1) is 11.3 Å². The van der Waals surface area contributed by atoms with Crippen LogP contribution in [0, 0.1) is 0 Å². The highest BCUT2D eigenvalue weighted by atomic mass is 32.1. The molecule has 1 atom stereocenters. The van der Waals surface area contributed by atoms with E-state index in [-0.39, 0.29) is 17.9 Å². The molecule has 1 aliphatic heterocycles. The van der Waals surface area contributed by atoms with Gasteiger partial charge in [-0.2, -0.15) is 4.98 Å². The minimum absolute atomic E-state index is 0.103. The summed E-state index contributed by atoms with van der Waals surface area (Å²) in [6.45, 7) is 0. The van der Waals surface area contributed by atoms with E-state index < -0.39 is 5.92 Å². The third-order valence-corrected chi connectivity index (χ3v) is 5.38. The Morgan fingerprint density at radius 2 is 1.81 bits per heavy atom. The van der Waals surface area contributed by atoms with Gasteiger partial charge in [-0.25, -0.2) is 0 Å². The van der Waals surface area contributed by atoms with E-state index in [1.54, 1.807) is 22.7 Å². The van der Waals surface area contributed by atoms with Crippen LogP contribution in [-0.2, 0) is 4.79 Å². The molecule has 3 aromatic rings. The Bertz CT molecular complexity index is 1100. The largest absolute Gasteiger partial charge is 0.496 e. The zero-order valence-electron chi connectivity index (χ0n) is 14.9. The molecule has 0 saturated carbocycles. The van der Waals surface area contributed by atoms with E-state index in [0.717, 1.165) is 0 Å². The van der Waals surface area contributed by atoms with E-state index in [9.17, 15) is 9.59 Å². The molecule has 140 valence electrons. The molecular formula is C18H17N3O5S. The van der Waals surface area contributed by atoms with E-state index in [0.29, 0.717) is 39.2 Å². The van der Waals surface area contributed by atoms with Crippen LogP contribution in [0.3, 0.4) is 0 Å². The van der Waals surface area contributed by atoms with Gasteiger partial charge < -0.3 is 19.5 Å². The van der Waals surface area contributed by atoms with Gasteiger partial charge in [-0.05, 0) is 6.07 Å². The first kappa shape index (κ1) is 17.3. The zero-order valence-corrected chi connectivity index (χ0v) is 15.8. The smallest absolute Gasteiger partial charge is 0.279 e. The van der Waals surface area contributed by atoms with Crippen molar-refractivity contribution in [3.05, 3.63) is 45.2 Å². The summed E-state index contributed by atoms with van der Waals surface area (Å²) in [6, 6.07) is 3.43. The van der Waals surface area contributed by atoms with Gasteiger partial charge in [0.2, 0.25) is 5.91 Å². The van der Waals surface area contributed by atoms with Crippen LogP contribution in [0.25, 0.3) is 4.96 Å². The zero-order chi connectivity index (χ0) is 19.1. The van der Waals surface area contributed by atoms with Crippen LogP contribution in [0.15, 0.2) is 28.5 Å². The number of nitrogens with one attached hydrogen (secondary N) is 1. The van der Waals surface area contributed by atoms with Crippen molar-refractivity contribution in [1.82, 2.24) is 9.38 Å². The predicted octanol–water partition coefficient (Wildman–Crippen LogP) is 2.26. The molecule has 0 spiro atoms. The number of ether oxygens (including phenoxy) is 3. The maximum atomic E-state index is 12.8. The number of fused-ring (bicyclic) bond motifs is 3. The predicted molar refractivity (Wildman–Crippen MR) is 101 cm³/mol. The van der Waals surface area contributed by atoms with E-state index in [1.165, 1.54) is 32.7 Å². The summed E-state index contributed by atoms with van der Waals surface area (Å²) >= 11 is 1.33. The summed E-state index contributed by atoms with van der Waals surface area (Å²) in [5.74, 6) is 1.25. The lowest BCUT2D eigenvalue weighted by atomic mass is 9.86. The number of nitrogens with zero attached hydrogens (tertiary/aromatic N) is 2. The van der Waals surface area contributed by atoms with E-state index >= 15 is 0 Å². The van der Waals surface area contributed by atoms with Crippen LogP contribution < -0.4 is 25.1 Å². The second-order valence-electron chi connectivity index (χ2n) is 5.99. The fourth-order valence-corrected chi connectivity index (χ4v) is 4.11. The van der Waals surface area contributed by atoms with Crippen LogP contribution in [0.5, 0.6) is 17.2 Å². The first-order chi connectivity index (χ1) is 13.1. The summed E-state index contributed by atoms with van der Waals surface area (Å²) in [5.41, 5.74) is 0.727. The van der Waals surface area contributed by atoms with E-state index in [2.05, 4.69) is 10.3 Å². The van der Waals surface area contributed by atoms with Gasteiger partial charge in [0.25, 0.3) is 5.56 Å². The number of thiazole rings is 1. The molecule has 0 fully saturated rings. The number of hydrogen-bond acceptors (Lipinski definition) is 7. The summed E-state index contributed by atoms with van der Waals surface area (Å²) in [6.07, 6.45) is 1.88. The van der Waals surface area contributed by atoms with Crippen molar-refractivity contribution in [2.24, 2.45) is 0 Å². The van der Waals surface area contributed by atoms with Gasteiger partial charge >= 0.3 is 0 Å². The molecule has 2 aromatic heterocycles. The molecule has 0 saturated heterocycles. The molecule has 1 aliphatic rings. The average Bonchev–Trinajstić information content (AvgIpc) is 3.14. The Morgan fingerprint density at radius 1 is 1.11 bits per heavy atom. The van der Waals surface area contributed by atoms with Gasteiger partial charge in [-0.1, -0.05) is 0 Å². The summed E-state index contributed by atoms with van der Waals surface area (Å²) in [5, 5.41) is 4.63. The number of methoxy groups -OCH3 is 3. The number of anilines is 1. The van der Waals surface area contributed by atoms with E-state index in [1.807, 2.05) is 5.38 Å². The first-order valence-corrected chi connectivity index (χ1v) is 9.04. The van der Waals surface area contributed by atoms with Gasteiger partial charge in [0.1, 0.15) is 11.6 Å². The Labute approximate surface area is 158 Å². The quantitative estimate of drug-likeness (QED) is 0.738. The fraction of sp³-hybridized carbons (Fsp3) is 0.278. The Kier molecular flexibility index (Phi) is 4.23. The third kappa shape index (κ3) is 2.71. The highest BCUT2D eigenvalue weighted by Crippen LogP contribution is 2.43. The van der Waals surface area contributed by atoms with Crippen molar-refractivity contribution in [2.45, 2.75) is 12.3 Å². The molecule has 3 heterocycles. The molecule has 0 unspecified atom stereocenters. The maximum Gasteiger partial charge on any atom is 0.279 e. The van der Waals surface area contributed by atoms with E-state index in [4.69, 9.17) is 14.2 Å². The molecule has 0 bridgehead atoms. The Hall–Kier alpha value is -3.07. The third-order valence-electron chi connectivity index (χ3n) is 4.62. The van der Waals surface area contributed by atoms with Crippen LogP contribution in [0.1, 0.15) is 23.5 Å². The van der Waals surface area contributed by atoms with Crippen molar-refractivity contribution >= 4 is 28.0 Å². The SMILES string of the molecule is COc1cc(OC)c([C@@H]2CC(=O)Nc3c2c(=O)nc2sccn32)cc1OC. The lowest BCUT2D eigenvalue weighted by Gasteiger charge is -2.27. The van der Waals surface area contributed by atoms with Crippen molar-refractivity contribution in [3.63, 3.8) is 0 Å². The number of carbonyl (C=O) groups is 1. The standard InChI is InChI=1S/C18H17N3O5S/c1-24-11-8-13(26-3)12(25-2)6-9(11)10-7-14(22)19-16-15(10)17(23)20-18-21(16)4-5-27-18/h4-6,8,10H,7H2,1-3H3,(H,19,22)/t10-/m0/s1. The molecule has 27 heavy (non-hydrogen) atoms. The fourth-order valence-electron chi connectivity index (χ4n) is 3.40. The summed E-state index contributed by atoms with van der Waals surface area (Å²) < 4.78 is 17.9. The van der Waals surface area contributed by atoms with Crippen molar-refractivity contribution in [2.75, 3.05) is 26.6 Å². The molecule has 9 heteroatoms. The molecule has 1 amide bonds. The molecule has 0 radical (unpaired) electrons. The van der Waals surface area contributed by atoms with Gasteiger partial charge in [-0.3, -0.25) is 14.0 Å². The lowest BCUT2D eigenvalue weighted by molar-refractivity contribution is -0.116. The number of hydrogen-bond donors (Lipinski definition) is 1. The number of benzene rings is 1. The highest BCUT2D eigenvalue weighted by molar-refractivity contribution is 7.15. The van der Waals surface area contributed by atoms with Crippen molar-refractivity contribution in [1.29, 1.82) is 0 Å². The number of amides is 1. The number of rotatable bonds is 4. The van der Waals surface area contributed by atoms with Gasteiger partial charge in [0.15, 0.2) is 16.5 Å². The van der Waals surface area contributed by atoms with Crippen molar-refractivity contribution < 1.29 is 19.0 Å². The molecule has 0 aliphatic carbocycles. The van der Waals surface area contributed by atoms with Crippen LogP contribution in [-0.4, -0.2) is 36.6 Å². The Morgan fingerprint density at radius 3 is 2.52 bits per heavy atom. The van der Waals surface area contributed by atoms with Crippen LogP contribution >= 0.6 is 11.3 Å². The monoisotopic (exact) mass is 387 g/mol. The van der Waals surface area contributed by atoms with Crippen molar-refractivity contribution in [3.8, 4) is 17.2 Å². The molecular weight excluding hydrogens is 370 g/mol. The molecule has 4 rings (SSSR count). The minimum Gasteiger partial charge on any atom is -0.496 e. The van der Waals surface area contributed by atoms with Crippen LogP contribution in [0.4, 0.5) is 5.82 Å². The van der Waals surface area contributed by atoms with Gasteiger partial charge in [0.05, 0.1) is 26.9 Å². The molecule has 1 N–H and O–H groups in total. The summed E-state index contributed by atoms with van der Waals surface area (Å²) in [7, 11) is 4.59. The first-order valence-electron chi connectivity index (χ1n) is 8.17. The number of carbonyl (C=O) groups excluding carboxylic acids is 1. The molecule has 1 aromatic carbocycles. The summed E-state index contributed by atoms with van der Waals surface area (Å²) in [4.78, 5) is 29.9. The maximum absolute atomic E-state index is 12.8. The highest BCUT2D eigenvalue weighted by Gasteiger charge is 2.34. The topological polar surface area (TPSA) is 91.2 Å². The normalized spacial score (nSPS) is 16.0.